The summed E-state index contributed by atoms with van der Waals surface area (Å²) < 4.78 is 51.1. The first-order valence-corrected chi connectivity index (χ1v) is 10.6. The minimum atomic E-state index is -3.59. The van der Waals surface area contributed by atoms with Crippen LogP contribution < -0.4 is 0 Å². The maximum Gasteiger partial charge on any atom is 0.202 e. The molecule has 0 saturated heterocycles. The largest absolute Gasteiger partial charge is 0.299 e. The van der Waals surface area contributed by atoms with E-state index in [1.54, 1.807) is 6.08 Å². The summed E-state index contributed by atoms with van der Waals surface area (Å²) in [6, 6.07) is 10.3. The van der Waals surface area contributed by atoms with E-state index in [0.717, 1.165) is 12.1 Å². The molecule has 0 bridgehead atoms. The van der Waals surface area contributed by atoms with Crippen LogP contribution in [-0.2, 0) is 9.84 Å². The molecule has 156 valence electrons. The number of ketones is 1. The average molecular weight is 442 g/mol. The zero-order chi connectivity index (χ0) is 20.1. The Morgan fingerprint density at radius 1 is 0.966 bits per heavy atom. The highest BCUT2D eigenvalue weighted by atomic mass is 35.5. The molecule has 3 rings (SSSR count). The summed E-state index contributed by atoms with van der Waals surface area (Å²) in [5.74, 6) is -0.881. The van der Waals surface area contributed by atoms with Crippen molar-refractivity contribution in [3.63, 3.8) is 0 Å². The number of carbonyl (C=O) groups excluding carboxylic acids is 1. The maximum atomic E-state index is 13.0. The molecule has 0 aliphatic carbocycles. The van der Waals surface area contributed by atoms with Gasteiger partial charge in [0.15, 0.2) is 5.78 Å². The van der Waals surface area contributed by atoms with Crippen LogP contribution in [0.25, 0.3) is 0 Å². The minimum Gasteiger partial charge on any atom is -0.299 e. The summed E-state index contributed by atoms with van der Waals surface area (Å²) in [5.41, 5.74) is 0.493. The van der Waals surface area contributed by atoms with Gasteiger partial charge in [0.05, 0.1) is 4.90 Å². The molecule has 1 aliphatic rings. The van der Waals surface area contributed by atoms with Crippen molar-refractivity contribution in [3.05, 3.63) is 76.7 Å². The van der Waals surface area contributed by atoms with Crippen LogP contribution in [0.2, 0.25) is 0 Å². The molecule has 0 atom stereocenters. The first-order chi connectivity index (χ1) is 13.4. The Kier molecular flexibility index (Phi) is 8.07. The number of Topliss-reactive ketones (excluding diaryl/α,β-unsaturated/α-hetero) is 1. The second-order valence-corrected chi connectivity index (χ2v) is 8.71. The third-order valence-corrected chi connectivity index (χ3v) is 6.72. The lowest BCUT2D eigenvalue weighted by Gasteiger charge is -2.26. The van der Waals surface area contributed by atoms with Gasteiger partial charge in [0.2, 0.25) is 9.84 Å². The molecule has 0 amide bonds. The normalized spacial score (nSPS) is 14.8. The molecule has 0 spiro atoms. The van der Waals surface area contributed by atoms with Gasteiger partial charge in [-0.2, -0.15) is 0 Å². The SMILES string of the molecule is Cl.O=C(CCCN1CC=C(S(=O)(=O)c2ccc(F)cc2)CC1)c1ccc(F)cc1. The maximum absolute atomic E-state index is 13.0. The number of benzene rings is 2. The van der Waals surface area contributed by atoms with E-state index in [1.165, 1.54) is 36.4 Å². The Balaban J connectivity index is 0.00000300. The molecule has 0 fully saturated rings. The van der Waals surface area contributed by atoms with Gasteiger partial charge in [-0.05, 0) is 67.9 Å². The van der Waals surface area contributed by atoms with Crippen molar-refractivity contribution in [2.45, 2.75) is 24.2 Å². The lowest BCUT2D eigenvalue weighted by atomic mass is 10.1. The van der Waals surface area contributed by atoms with Gasteiger partial charge in [-0.25, -0.2) is 17.2 Å². The molecule has 0 unspecified atom stereocenters. The molecule has 2 aromatic carbocycles. The lowest BCUT2D eigenvalue weighted by Crippen LogP contribution is -2.31. The first-order valence-electron chi connectivity index (χ1n) is 9.07. The van der Waals surface area contributed by atoms with Gasteiger partial charge in [-0.3, -0.25) is 9.69 Å². The molecular formula is C21H22ClF2NO3S. The van der Waals surface area contributed by atoms with E-state index in [0.29, 0.717) is 49.4 Å². The molecule has 29 heavy (non-hydrogen) atoms. The Bertz CT molecular complexity index is 974. The summed E-state index contributed by atoms with van der Waals surface area (Å²) >= 11 is 0. The van der Waals surface area contributed by atoms with Gasteiger partial charge < -0.3 is 0 Å². The molecule has 0 radical (unpaired) electrons. The summed E-state index contributed by atoms with van der Waals surface area (Å²) in [5, 5.41) is 0. The number of nitrogens with zero attached hydrogens (tertiary/aromatic N) is 1. The lowest BCUT2D eigenvalue weighted by molar-refractivity contribution is 0.0975. The van der Waals surface area contributed by atoms with E-state index in [1.807, 2.05) is 0 Å². The van der Waals surface area contributed by atoms with Gasteiger partial charge >= 0.3 is 0 Å². The van der Waals surface area contributed by atoms with E-state index < -0.39 is 15.7 Å². The number of carbonyl (C=O) groups is 1. The summed E-state index contributed by atoms with van der Waals surface area (Å²) in [6.45, 7) is 1.74. The molecule has 2 aromatic rings. The van der Waals surface area contributed by atoms with E-state index in [-0.39, 0.29) is 28.9 Å². The molecule has 0 aromatic heterocycles. The summed E-state index contributed by atoms with van der Waals surface area (Å²) in [7, 11) is -3.59. The Labute approximate surface area is 175 Å². The summed E-state index contributed by atoms with van der Waals surface area (Å²) in [4.78, 5) is 14.6. The smallest absolute Gasteiger partial charge is 0.202 e. The third kappa shape index (κ3) is 5.95. The zero-order valence-corrected chi connectivity index (χ0v) is 17.3. The predicted octanol–water partition coefficient (Wildman–Crippen LogP) is 4.41. The fourth-order valence-electron chi connectivity index (χ4n) is 3.15. The monoisotopic (exact) mass is 441 g/mol. The van der Waals surface area contributed by atoms with Crippen molar-refractivity contribution < 1.29 is 22.0 Å². The minimum absolute atomic E-state index is 0. The van der Waals surface area contributed by atoms with Crippen LogP contribution in [0, 0.1) is 11.6 Å². The van der Waals surface area contributed by atoms with Gasteiger partial charge in [0, 0.05) is 30.0 Å². The highest BCUT2D eigenvalue weighted by molar-refractivity contribution is 7.95. The van der Waals surface area contributed by atoms with E-state index in [9.17, 15) is 22.0 Å². The van der Waals surface area contributed by atoms with Crippen LogP contribution in [0.15, 0.2) is 64.4 Å². The fraction of sp³-hybridized carbons (Fsp3) is 0.286. The quantitative estimate of drug-likeness (QED) is 0.471. The van der Waals surface area contributed by atoms with Crippen LogP contribution in [0.5, 0.6) is 0 Å². The number of hydrogen-bond acceptors (Lipinski definition) is 4. The number of halogens is 3. The Morgan fingerprint density at radius 2 is 1.55 bits per heavy atom. The van der Waals surface area contributed by atoms with E-state index >= 15 is 0 Å². The highest BCUT2D eigenvalue weighted by Gasteiger charge is 2.24. The first kappa shape index (κ1) is 23.2. The second-order valence-electron chi connectivity index (χ2n) is 6.71. The van der Waals surface area contributed by atoms with E-state index in [4.69, 9.17) is 0 Å². The van der Waals surface area contributed by atoms with Crippen molar-refractivity contribution in [1.29, 1.82) is 0 Å². The molecule has 0 saturated carbocycles. The number of rotatable bonds is 7. The van der Waals surface area contributed by atoms with Crippen molar-refractivity contribution in [2.24, 2.45) is 0 Å². The average Bonchev–Trinajstić information content (AvgIpc) is 2.69. The predicted molar refractivity (Wildman–Crippen MR) is 110 cm³/mol. The number of sulfone groups is 1. The van der Waals surface area contributed by atoms with Gasteiger partial charge in [-0.1, -0.05) is 6.08 Å². The highest BCUT2D eigenvalue weighted by Crippen LogP contribution is 2.25. The Hall–Kier alpha value is -2.09. The topological polar surface area (TPSA) is 54.5 Å². The van der Waals surface area contributed by atoms with Crippen molar-refractivity contribution in [1.82, 2.24) is 4.90 Å². The summed E-state index contributed by atoms with van der Waals surface area (Å²) in [6.07, 6.45) is 3.06. The molecular weight excluding hydrogens is 420 g/mol. The standard InChI is InChI=1S/C21H21F2NO3S.ClH/c22-17-5-3-16(4-6-17)21(25)2-1-13-24-14-11-20(12-15-24)28(26,27)19-9-7-18(23)8-10-19;/h3-11H,1-2,12-15H2;1H. The van der Waals surface area contributed by atoms with Gasteiger partial charge in [0.25, 0.3) is 0 Å². The molecule has 8 heteroatoms. The van der Waals surface area contributed by atoms with Gasteiger partial charge in [0.1, 0.15) is 11.6 Å². The zero-order valence-electron chi connectivity index (χ0n) is 15.7. The molecule has 0 N–H and O–H groups in total. The van der Waals surface area contributed by atoms with Gasteiger partial charge in [-0.15, -0.1) is 12.4 Å². The molecule has 1 aliphatic heterocycles. The van der Waals surface area contributed by atoms with Crippen LogP contribution >= 0.6 is 12.4 Å². The van der Waals surface area contributed by atoms with Crippen LogP contribution in [-0.4, -0.2) is 38.7 Å². The van der Waals surface area contributed by atoms with Crippen LogP contribution in [0.1, 0.15) is 29.6 Å². The Morgan fingerprint density at radius 3 is 2.10 bits per heavy atom. The van der Waals surface area contributed by atoms with Crippen molar-refractivity contribution >= 4 is 28.0 Å². The van der Waals surface area contributed by atoms with Crippen LogP contribution in [0.4, 0.5) is 8.78 Å². The van der Waals surface area contributed by atoms with Crippen molar-refractivity contribution in [2.75, 3.05) is 19.6 Å². The molecule has 1 heterocycles. The molecule has 4 nitrogen and oxygen atoms in total. The number of hydrogen-bond donors (Lipinski definition) is 0. The fourth-order valence-corrected chi connectivity index (χ4v) is 4.60. The van der Waals surface area contributed by atoms with Crippen LogP contribution in [0.3, 0.4) is 0 Å². The van der Waals surface area contributed by atoms with E-state index in [2.05, 4.69) is 4.90 Å². The third-order valence-electron chi connectivity index (χ3n) is 4.77. The van der Waals surface area contributed by atoms with Crippen molar-refractivity contribution in [3.8, 4) is 0 Å². The second kappa shape index (κ2) is 10.1.